The topological polar surface area (TPSA) is 84.5 Å². The summed E-state index contributed by atoms with van der Waals surface area (Å²) in [6.07, 6.45) is 2.63. The Kier molecular flexibility index (Phi) is 5.14. The summed E-state index contributed by atoms with van der Waals surface area (Å²) in [6.45, 7) is 3.61. The molecule has 1 aromatic heterocycles. The van der Waals surface area contributed by atoms with E-state index in [0.29, 0.717) is 45.0 Å². The van der Waals surface area contributed by atoms with Crippen molar-refractivity contribution in [1.82, 2.24) is 14.3 Å². The van der Waals surface area contributed by atoms with Gasteiger partial charge >= 0.3 is 0 Å². The van der Waals surface area contributed by atoms with E-state index in [1.807, 2.05) is 6.92 Å². The van der Waals surface area contributed by atoms with Crippen LogP contribution in [0, 0.1) is 0 Å². The van der Waals surface area contributed by atoms with Crippen LogP contribution in [0.5, 0.6) is 0 Å². The number of ether oxygens (including phenoxy) is 2. The molecule has 0 aromatic carbocycles. The van der Waals surface area contributed by atoms with Gasteiger partial charge in [-0.15, -0.1) is 0 Å². The highest BCUT2D eigenvalue weighted by Gasteiger charge is 2.31. The van der Waals surface area contributed by atoms with E-state index in [0.717, 1.165) is 0 Å². The second kappa shape index (κ2) is 6.66. The molecular formula is C12H21N3O4S. The van der Waals surface area contributed by atoms with Gasteiger partial charge < -0.3 is 14.5 Å². The van der Waals surface area contributed by atoms with Gasteiger partial charge in [-0.05, 0) is 6.42 Å². The van der Waals surface area contributed by atoms with Crippen LogP contribution in [0.15, 0.2) is 11.2 Å². The first kappa shape index (κ1) is 15.4. The van der Waals surface area contributed by atoms with Crippen molar-refractivity contribution >= 4 is 10.0 Å². The maximum atomic E-state index is 12.5. The minimum Gasteiger partial charge on any atom is -0.385 e. The molecule has 2 heterocycles. The van der Waals surface area contributed by atoms with Gasteiger partial charge in [0.25, 0.3) is 10.0 Å². The predicted molar refractivity (Wildman–Crippen MR) is 73.0 cm³/mol. The first-order valence-corrected chi connectivity index (χ1v) is 8.16. The van der Waals surface area contributed by atoms with Crippen molar-refractivity contribution in [2.24, 2.45) is 0 Å². The van der Waals surface area contributed by atoms with E-state index < -0.39 is 10.0 Å². The quantitative estimate of drug-likeness (QED) is 0.822. The molecule has 0 bridgehead atoms. The van der Waals surface area contributed by atoms with Crippen molar-refractivity contribution in [3.8, 4) is 0 Å². The highest BCUT2D eigenvalue weighted by atomic mass is 32.2. The third kappa shape index (κ3) is 3.38. The van der Waals surface area contributed by atoms with Crippen LogP contribution in [0.2, 0.25) is 0 Å². The summed E-state index contributed by atoms with van der Waals surface area (Å²) in [5, 5.41) is 0.154. The van der Waals surface area contributed by atoms with Crippen molar-refractivity contribution in [3.05, 3.63) is 12.0 Å². The summed E-state index contributed by atoms with van der Waals surface area (Å²) in [6, 6.07) is 0. The molecule has 7 nitrogen and oxygen atoms in total. The summed E-state index contributed by atoms with van der Waals surface area (Å²) < 4.78 is 37.0. The lowest BCUT2D eigenvalue weighted by molar-refractivity contribution is -0.0168. The molecule has 114 valence electrons. The molecule has 1 aromatic rings. The summed E-state index contributed by atoms with van der Waals surface area (Å²) in [4.78, 5) is 6.90. The number of aryl methyl sites for hydroxylation is 1. The van der Waals surface area contributed by atoms with E-state index in [2.05, 4.69) is 9.97 Å². The van der Waals surface area contributed by atoms with Crippen LogP contribution in [0.25, 0.3) is 0 Å². The normalized spacial score (nSPS) is 21.2. The Balaban J connectivity index is 2.08. The van der Waals surface area contributed by atoms with Crippen molar-refractivity contribution in [2.75, 3.05) is 33.4 Å². The average Bonchev–Trinajstić information content (AvgIpc) is 2.95. The number of nitrogens with zero attached hydrogens (tertiary/aromatic N) is 2. The number of nitrogens with one attached hydrogen (secondary N) is 1. The second-order valence-electron chi connectivity index (χ2n) is 4.69. The van der Waals surface area contributed by atoms with E-state index in [-0.39, 0.29) is 11.1 Å². The first-order valence-electron chi connectivity index (χ1n) is 6.72. The Morgan fingerprint density at radius 3 is 3.05 bits per heavy atom. The van der Waals surface area contributed by atoms with E-state index in [9.17, 15) is 8.42 Å². The monoisotopic (exact) mass is 303 g/mol. The predicted octanol–water partition coefficient (Wildman–Crippen LogP) is 0.398. The van der Waals surface area contributed by atoms with Gasteiger partial charge in [0.2, 0.25) is 0 Å². The zero-order chi connectivity index (χ0) is 14.6. The Hall–Kier alpha value is -0.960. The molecule has 1 fully saturated rings. The van der Waals surface area contributed by atoms with Crippen LogP contribution in [0.4, 0.5) is 0 Å². The molecule has 0 aliphatic carbocycles. The molecule has 1 aliphatic rings. The molecule has 1 aliphatic heterocycles. The van der Waals surface area contributed by atoms with Gasteiger partial charge in [0, 0.05) is 33.2 Å². The fraction of sp³-hybridized carbons (Fsp3) is 0.750. The lowest BCUT2D eigenvalue weighted by Gasteiger charge is -2.31. The van der Waals surface area contributed by atoms with Gasteiger partial charge in [-0.2, -0.15) is 4.31 Å². The highest BCUT2D eigenvalue weighted by molar-refractivity contribution is 7.89. The minimum atomic E-state index is -3.51. The summed E-state index contributed by atoms with van der Waals surface area (Å²) in [5.74, 6) is 0.674. The van der Waals surface area contributed by atoms with E-state index in [4.69, 9.17) is 9.47 Å². The minimum absolute atomic E-state index is 0.118. The Bertz CT molecular complexity index is 529. The third-order valence-corrected chi connectivity index (χ3v) is 5.08. The fourth-order valence-corrected chi connectivity index (χ4v) is 3.52. The number of sulfonamides is 1. The zero-order valence-corrected chi connectivity index (χ0v) is 12.6. The summed E-state index contributed by atoms with van der Waals surface area (Å²) in [5.41, 5.74) is 0. The van der Waals surface area contributed by atoms with Crippen LogP contribution >= 0.6 is 0 Å². The molecule has 2 rings (SSSR count). The van der Waals surface area contributed by atoms with Crippen LogP contribution in [-0.4, -0.2) is 62.2 Å². The highest BCUT2D eigenvalue weighted by Crippen LogP contribution is 2.18. The van der Waals surface area contributed by atoms with Crippen LogP contribution in [0.1, 0.15) is 19.2 Å². The first-order chi connectivity index (χ1) is 9.57. The third-order valence-electron chi connectivity index (χ3n) is 3.30. The molecule has 8 heteroatoms. The molecule has 0 amide bonds. The molecule has 1 saturated heterocycles. The number of aromatic amines is 1. The van der Waals surface area contributed by atoms with Gasteiger partial charge in [0.15, 0.2) is 5.03 Å². The fourth-order valence-electron chi connectivity index (χ4n) is 2.13. The van der Waals surface area contributed by atoms with Gasteiger partial charge in [0.1, 0.15) is 5.82 Å². The largest absolute Gasteiger partial charge is 0.385 e. The van der Waals surface area contributed by atoms with Crippen molar-refractivity contribution in [1.29, 1.82) is 0 Å². The molecule has 20 heavy (non-hydrogen) atoms. The standard InChI is InChI=1S/C12H21N3O4S/c1-3-11-13-8-12(14-11)20(16,17)15-5-7-19-10(9-15)4-6-18-2/h8,10H,3-7,9H2,1-2H3,(H,13,14). The van der Waals surface area contributed by atoms with Gasteiger partial charge in [0.05, 0.1) is 18.9 Å². The number of hydrogen-bond acceptors (Lipinski definition) is 5. The van der Waals surface area contributed by atoms with Gasteiger partial charge in [-0.25, -0.2) is 13.4 Å². The number of H-pyrrole nitrogens is 1. The number of methoxy groups -OCH3 is 1. The van der Waals surface area contributed by atoms with Crippen LogP contribution < -0.4 is 0 Å². The number of morpholine rings is 1. The van der Waals surface area contributed by atoms with Crippen molar-refractivity contribution < 1.29 is 17.9 Å². The lowest BCUT2D eigenvalue weighted by atomic mass is 10.2. The van der Waals surface area contributed by atoms with E-state index >= 15 is 0 Å². The number of imidazole rings is 1. The maximum absolute atomic E-state index is 12.5. The Morgan fingerprint density at radius 2 is 2.40 bits per heavy atom. The maximum Gasteiger partial charge on any atom is 0.260 e. The molecule has 0 radical (unpaired) electrons. The second-order valence-corrected chi connectivity index (χ2v) is 6.59. The SMILES string of the molecule is CCc1ncc(S(=O)(=O)N2CCOC(CCOC)C2)[nH]1. The molecular weight excluding hydrogens is 282 g/mol. The van der Waals surface area contributed by atoms with Crippen LogP contribution in [0.3, 0.4) is 0 Å². The number of aromatic nitrogens is 2. The average molecular weight is 303 g/mol. The smallest absolute Gasteiger partial charge is 0.260 e. The van der Waals surface area contributed by atoms with E-state index in [1.165, 1.54) is 10.5 Å². The Labute approximate surface area is 119 Å². The Morgan fingerprint density at radius 1 is 1.60 bits per heavy atom. The van der Waals surface area contributed by atoms with Crippen molar-refractivity contribution in [2.45, 2.75) is 30.9 Å². The summed E-state index contributed by atoms with van der Waals surface area (Å²) >= 11 is 0. The van der Waals surface area contributed by atoms with Crippen molar-refractivity contribution in [3.63, 3.8) is 0 Å². The van der Waals surface area contributed by atoms with Crippen LogP contribution in [-0.2, 0) is 25.9 Å². The van der Waals surface area contributed by atoms with Gasteiger partial charge in [-0.3, -0.25) is 0 Å². The molecule has 1 N–H and O–H groups in total. The zero-order valence-electron chi connectivity index (χ0n) is 11.8. The number of rotatable bonds is 6. The van der Waals surface area contributed by atoms with Gasteiger partial charge in [-0.1, -0.05) is 6.92 Å². The molecule has 0 saturated carbocycles. The number of hydrogen-bond donors (Lipinski definition) is 1. The summed E-state index contributed by atoms with van der Waals surface area (Å²) in [7, 11) is -1.90. The lowest BCUT2D eigenvalue weighted by Crippen LogP contribution is -2.45. The molecule has 0 spiro atoms. The molecule has 1 atom stereocenters. The molecule has 1 unspecified atom stereocenters. The van der Waals surface area contributed by atoms with E-state index in [1.54, 1.807) is 7.11 Å².